The van der Waals surface area contributed by atoms with Crippen LogP contribution in [0.25, 0.3) is 0 Å². The summed E-state index contributed by atoms with van der Waals surface area (Å²) in [6.07, 6.45) is 3.45. The maximum Gasteiger partial charge on any atom is 0.319 e. The van der Waals surface area contributed by atoms with E-state index < -0.39 is 12.1 Å². The lowest BCUT2D eigenvalue weighted by Crippen LogP contribution is -2.52. The molecular weight excluding hydrogens is 402 g/mol. The zero-order valence-electron chi connectivity index (χ0n) is 17.3. The lowest BCUT2D eigenvalue weighted by molar-refractivity contribution is -0.130. The molecule has 0 aliphatic carbocycles. The van der Waals surface area contributed by atoms with Crippen molar-refractivity contribution in [2.75, 3.05) is 19.0 Å². The van der Waals surface area contributed by atoms with Gasteiger partial charge in [0.1, 0.15) is 18.2 Å². The highest BCUT2D eigenvalue weighted by molar-refractivity contribution is 5.89. The Bertz CT molecular complexity index is 866. The van der Waals surface area contributed by atoms with E-state index in [2.05, 4.69) is 25.9 Å². The van der Waals surface area contributed by atoms with Crippen LogP contribution in [0.1, 0.15) is 25.0 Å². The third-order valence-corrected chi connectivity index (χ3v) is 4.96. The van der Waals surface area contributed by atoms with Crippen molar-refractivity contribution < 1.29 is 24.2 Å². The predicted molar refractivity (Wildman–Crippen MR) is 112 cm³/mol. The summed E-state index contributed by atoms with van der Waals surface area (Å²) in [5, 5.41) is 18.1. The van der Waals surface area contributed by atoms with Crippen molar-refractivity contribution in [2.24, 2.45) is 0 Å². The molecule has 1 aliphatic rings. The lowest BCUT2D eigenvalue weighted by Gasteiger charge is -2.35. The van der Waals surface area contributed by atoms with Crippen molar-refractivity contribution in [1.29, 1.82) is 0 Å². The first-order valence-electron chi connectivity index (χ1n) is 10.1. The van der Waals surface area contributed by atoms with Gasteiger partial charge >= 0.3 is 6.03 Å². The fourth-order valence-corrected chi connectivity index (χ4v) is 3.37. The van der Waals surface area contributed by atoms with E-state index in [1.165, 1.54) is 6.33 Å². The third-order valence-electron chi connectivity index (χ3n) is 4.96. The first-order valence-corrected chi connectivity index (χ1v) is 10.1. The number of aliphatic hydroxyl groups excluding tert-OH is 1. The zero-order chi connectivity index (χ0) is 22.1. The monoisotopic (exact) mass is 429 g/mol. The predicted octanol–water partition coefficient (Wildman–Crippen LogP) is 1.22. The second kappa shape index (κ2) is 11.2. The smallest absolute Gasteiger partial charge is 0.319 e. The summed E-state index contributed by atoms with van der Waals surface area (Å²) in [7, 11) is 1.55. The number of benzene rings is 1. The van der Waals surface area contributed by atoms with E-state index in [4.69, 9.17) is 9.47 Å². The molecule has 1 aliphatic heterocycles. The van der Waals surface area contributed by atoms with Crippen LogP contribution in [0.2, 0.25) is 0 Å². The van der Waals surface area contributed by atoms with Gasteiger partial charge in [-0.1, -0.05) is 6.07 Å². The highest BCUT2D eigenvalue weighted by Crippen LogP contribution is 2.22. The van der Waals surface area contributed by atoms with Crippen LogP contribution in [0, 0.1) is 0 Å². The molecule has 0 bridgehead atoms. The number of methoxy groups -OCH3 is 1. The van der Waals surface area contributed by atoms with E-state index in [0.29, 0.717) is 36.5 Å². The summed E-state index contributed by atoms with van der Waals surface area (Å²) in [6.45, 7) is 0.0509. The Kier molecular flexibility index (Phi) is 8.13. The summed E-state index contributed by atoms with van der Waals surface area (Å²) >= 11 is 0. The molecule has 0 spiro atoms. The van der Waals surface area contributed by atoms with Gasteiger partial charge in [0.15, 0.2) is 0 Å². The molecule has 31 heavy (non-hydrogen) atoms. The number of hydrogen-bond donors (Lipinski definition) is 4. The zero-order valence-corrected chi connectivity index (χ0v) is 17.3. The number of carbonyl (C=O) groups is 2. The second-order valence-electron chi connectivity index (χ2n) is 7.17. The summed E-state index contributed by atoms with van der Waals surface area (Å²) in [5.74, 6) is 0.468. The maximum atomic E-state index is 12.3. The normalized spacial score (nSPS) is 20.5. The van der Waals surface area contributed by atoms with Crippen LogP contribution in [-0.2, 0) is 16.1 Å². The highest BCUT2D eigenvalue weighted by Gasteiger charge is 2.32. The van der Waals surface area contributed by atoms with Gasteiger partial charge in [0.2, 0.25) is 5.91 Å². The molecule has 3 amide bonds. The molecule has 3 rings (SSSR count). The summed E-state index contributed by atoms with van der Waals surface area (Å²) < 4.78 is 11.0. The van der Waals surface area contributed by atoms with Gasteiger partial charge in [0.05, 0.1) is 44.5 Å². The molecule has 166 valence electrons. The fraction of sp³-hybridized carbons (Fsp3) is 0.429. The molecule has 1 aromatic carbocycles. The van der Waals surface area contributed by atoms with E-state index in [1.807, 2.05) is 0 Å². The number of aromatic nitrogens is 2. The van der Waals surface area contributed by atoms with E-state index in [-0.39, 0.29) is 31.1 Å². The topological polar surface area (TPSA) is 135 Å². The number of anilines is 1. The molecule has 2 heterocycles. The quantitative estimate of drug-likeness (QED) is 0.496. The van der Waals surface area contributed by atoms with Crippen molar-refractivity contribution >= 4 is 17.6 Å². The molecule has 3 atom stereocenters. The summed E-state index contributed by atoms with van der Waals surface area (Å²) in [5.41, 5.74) is 1.31. The van der Waals surface area contributed by atoms with Gasteiger partial charge in [-0.05, 0) is 31.0 Å². The molecule has 0 unspecified atom stereocenters. The molecule has 4 N–H and O–H groups in total. The van der Waals surface area contributed by atoms with Crippen molar-refractivity contribution in [3.05, 3.63) is 48.5 Å². The SMILES string of the molecule is COc1cccc(NC(=O)N[C@@H]2CC[C@@H](CC(=O)NCc3ccncn3)O[C@H]2CO)c1. The summed E-state index contributed by atoms with van der Waals surface area (Å²) in [6, 6.07) is 7.97. The van der Waals surface area contributed by atoms with Crippen molar-refractivity contribution in [3.8, 4) is 5.75 Å². The standard InChI is InChI=1S/C21H27N5O5/c1-30-16-4-2-3-14(9-16)25-21(29)26-18-6-5-17(31-19(18)12-27)10-20(28)23-11-15-7-8-22-13-24-15/h2-4,7-9,13,17-19,27H,5-6,10-12H2,1H3,(H,23,28)(H2,25,26,29)/t17-,18+,19-/m0/s1. The van der Waals surface area contributed by atoms with E-state index in [1.54, 1.807) is 43.6 Å². The van der Waals surface area contributed by atoms with Gasteiger partial charge in [-0.15, -0.1) is 0 Å². The Morgan fingerprint density at radius 1 is 1.29 bits per heavy atom. The van der Waals surface area contributed by atoms with Crippen LogP contribution in [0.15, 0.2) is 42.9 Å². The lowest BCUT2D eigenvalue weighted by atomic mass is 9.97. The maximum absolute atomic E-state index is 12.3. The number of hydrogen-bond acceptors (Lipinski definition) is 7. The molecule has 1 fully saturated rings. The first-order chi connectivity index (χ1) is 15.1. The minimum absolute atomic E-state index is 0.164. The van der Waals surface area contributed by atoms with Crippen LogP contribution >= 0.6 is 0 Å². The largest absolute Gasteiger partial charge is 0.497 e. The highest BCUT2D eigenvalue weighted by atomic mass is 16.5. The Morgan fingerprint density at radius 2 is 2.16 bits per heavy atom. The number of rotatable bonds is 8. The van der Waals surface area contributed by atoms with Gasteiger partial charge in [0.25, 0.3) is 0 Å². The summed E-state index contributed by atoms with van der Waals surface area (Å²) in [4.78, 5) is 32.4. The number of aliphatic hydroxyl groups is 1. The number of nitrogens with one attached hydrogen (secondary N) is 3. The number of nitrogens with zero attached hydrogens (tertiary/aromatic N) is 2. The van der Waals surface area contributed by atoms with Crippen LogP contribution in [0.4, 0.5) is 10.5 Å². The van der Waals surface area contributed by atoms with Gasteiger partial charge in [-0.25, -0.2) is 14.8 Å². The molecule has 10 nitrogen and oxygen atoms in total. The van der Waals surface area contributed by atoms with E-state index >= 15 is 0 Å². The van der Waals surface area contributed by atoms with Crippen molar-refractivity contribution in [1.82, 2.24) is 20.6 Å². The van der Waals surface area contributed by atoms with Crippen LogP contribution in [0.5, 0.6) is 5.75 Å². The van der Waals surface area contributed by atoms with Crippen molar-refractivity contribution in [3.63, 3.8) is 0 Å². The Balaban J connectivity index is 1.45. The Hall–Kier alpha value is -3.24. The molecule has 2 aromatic rings. The van der Waals surface area contributed by atoms with Crippen LogP contribution in [-0.4, -0.2) is 59.0 Å². The third kappa shape index (κ3) is 6.90. The van der Waals surface area contributed by atoms with Gasteiger partial charge in [-0.2, -0.15) is 0 Å². The Labute approximate surface area is 180 Å². The van der Waals surface area contributed by atoms with Crippen molar-refractivity contribution in [2.45, 2.75) is 44.1 Å². The average Bonchev–Trinajstić information content (AvgIpc) is 2.79. The van der Waals surface area contributed by atoms with Crippen LogP contribution in [0.3, 0.4) is 0 Å². The first kappa shape index (κ1) is 22.4. The minimum atomic E-state index is -0.593. The minimum Gasteiger partial charge on any atom is -0.497 e. The van der Waals surface area contributed by atoms with Gasteiger partial charge in [0, 0.05) is 18.0 Å². The second-order valence-corrected chi connectivity index (χ2v) is 7.17. The number of carbonyl (C=O) groups excluding carboxylic acids is 2. The van der Waals surface area contributed by atoms with Gasteiger partial charge in [-0.3, -0.25) is 4.79 Å². The average molecular weight is 429 g/mol. The van der Waals surface area contributed by atoms with Crippen LogP contribution < -0.4 is 20.7 Å². The number of amides is 3. The van der Waals surface area contributed by atoms with E-state index in [0.717, 1.165) is 0 Å². The molecule has 0 saturated carbocycles. The number of ether oxygens (including phenoxy) is 2. The molecular formula is C21H27N5O5. The molecule has 0 radical (unpaired) electrons. The van der Waals surface area contributed by atoms with Gasteiger partial charge < -0.3 is 30.5 Å². The molecule has 1 aromatic heterocycles. The molecule has 10 heteroatoms. The number of urea groups is 1. The molecule has 1 saturated heterocycles. The van der Waals surface area contributed by atoms with E-state index in [9.17, 15) is 14.7 Å². The fourth-order valence-electron chi connectivity index (χ4n) is 3.37. The Morgan fingerprint density at radius 3 is 2.90 bits per heavy atom.